The molecule has 0 bridgehead atoms. The van der Waals surface area contributed by atoms with E-state index in [0.29, 0.717) is 0 Å². The van der Waals surface area contributed by atoms with Gasteiger partial charge in [0.25, 0.3) is 0 Å². The van der Waals surface area contributed by atoms with Gasteiger partial charge in [-0.15, -0.1) is 6.58 Å². The first kappa shape index (κ1) is 13.8. The van der Waals surface area contributed by atoms with Gasteiger partial charge < -0.3 is 0 Å². The molecule has 11 heavy (non-hydrogen) atoms. The van der Waals surface area contributed by atoms with Crippen molar-refractivity contribution in [3.8, 4) is 0 Å². The largest absolute Gasteiger partial charge is 2.00 e. The molecule has 0 heterocycles. The van der Waals surface area contributed by atoms with Gasteiger partial charge in [-0.3, -0.25) is 0 Å². The fourth-order valence-electron chi connectivity index (χ4n) is 0.781. The van der Waals surface area contributed by atoms with Gasteiger partial charge in [0, 0.05) is 0 Å². The van der Waals surface area contributed by atoms with E-state index in [9.17, 15) is 0 Å². The maximum Gasteiger partial charge on any atom is 2.00 e. The molecule has 0 fully saturated rings. The predicted molar refractivity (Wildman–Crippen MR) is 40.3 cm³/mol. The average molecular weight is 331 g/mol. The Morgan fingerprint density at radius 3 is 2.09 bits per heavy atom. The summed E-state index contributed by atoms with van der Waals surface area (Å²) in [5.74, 6) is 0. The number of rotatable bonds is 2. The van der Waals surface area contributed by atoms with Gasteiger partial charge in [0.1, 0.15) is 0 Å². The van der Waals surface area contributed by atoms with Crippen molar-refractivity contribution in [1.29, 1.82) is 0 Å². The summed E-state index contributed by atoms with van der Waals surface area (Å²) < 4.78 is 0. The van der Waals surface area contributed by atoms with Crippen molar-refractivity contribution in [2.75, 3.05) is 0 Å². The van der Waals surface area contributed by atoms with Crippen molar-refractivity contribution < 1.29 is 40.8 Å². The molecule has 2 heteroatoms. The van der Waals surface area contributed by atoms with Crippen LogP contribution in [0.15, 0.2) is 43.0 Å². The van der Waals surface area contributed by atoms with E-state index >= 15 is 0 Å². The second-order valence-corrected chi connectivity index (χ2v) is 1.98. The minimum absolute atomic E-state index is 0. The number of allylic oxidation sites excluding steroid dienone is 1. The third-order valence-electron chi connectivity index (χ3n) is 1.22. The molecule has 1 rings (SSSR count). The van der Waals surface area contributed by atoms with Gasteiger partial charge in [0.05, 0.1) is 0 Å². The maximum atomic E-state index is 3.66. The Hall–Kier alpha value is 0.285. The molecule has 0 saturated carbocycles. The monoisotopic (exact) mass is 330 g/mol. The van der Waals surface area contributed by atoms with E-state index in [-0.39, 0.29) is 40.8 Å². The van der Waals surface area contributed by atoms with Crippen LogP contribution in [0.5, 0.6) is 0 Å². The van der Waals surface area contributed by atoms with Crippen LogP contribution in [0.25, 0.3) is 0 Å². The topological polar surface area (TPSA) is 0 Å². The van der Waals surface area contributed by atoms with E-state index in [2.05, 4.69) is 18.7 Å². The van der Waals surface area contributed by atoms with Crippen molar-refractivity contribution in [2.24, 2.45) is 0 Å². The SMILES string of the molecule is C=CCc1ccccc1.[Pd+2].[Pd+2]. The normalized spacial score (nSPS) is 7.27. The van der Waals surface area contributed by atoms with Gasteiger partial charge in [-0.25, -0.2) is 0 Å². The first-order valence-corrected chi connectivity index (χ1v) is 3.08. The zero-order valence-electron chi connectivity index (χ0n) is 6.01. The second-order valence-electron chi connectivity index (χ2n) is 1.98. The van der Waals surface area contributed by atoms with Crippen molar-refractivity contribution in [2.45, 2.75) is 6.42 Å². The summed E-state index contributed by atoms with van der Waals surface area (Å²) in [4.78, 5) is 0. The molecule has 0 N–H and O–H groups in total. The molecule has 1 aromatic rings. The fourth-order valence-corrected chi connectivity index (χ4v) is 0.781. The molecule has 62 valence electrons. The quantitative estimate of drug-likeness (QED) is 0.577. The van der Waals surface area contributed by atoms with Crippen LogP contribution in [0.4, 0.5) is 0 Å². The molecule has 1 aromatic carbocycles. The third kappa shape index (κ3) is 5.54. The first-order valence-electron chi connectivity index (χ1n) is 3.08. The third-order valence-corrected chi connectivity index (χ3v) is 1.22. The molecule has 0 spiro atoms. The van der Waals surface area contributed by atoms with E-state index in [0.717, 1.165) is 6.42 Å². The van der Waals surface area contributed by atoms with Crippen LogP contribution in [0.1, 0.15) is 5.56 Å². The Balaban J connectivity index is 0. The molecule has 0 unspecified atom stereocenters. The molecular formula is C9H10Pd2+4. The summed E-state index contributed by atoms with van der Waals surface area (Å²) in [5.41, 5.74) is 1.33. The van der Waals surface area contributed by atoms with Crippen molar-refractivity contribution in [1.82, 2.24) is 0 Å². The van der Waals surface area contributed by atoms with Crippen LogP contribution >= 0.6 is 0 Å². The molecule has 0 atom stereocenters. The Morgan fingerprint density at radius 2 is 1.64 bits per heavy atom. The van der Waals surface area contributed by atoms with Crippen LogP contribution in [-0.4, -0.2) is 0 Å². The standard InChI is InChI=1S/C9H10.2Pd/c1-2-6-9-7-4-3-5-8-9;;/h2-5,7-8H,1,6H2;;/q;2*+2. The molecule has 0 nitrogen and oxygen atoms in total. The first-order chi connectivity index (χ1) is 4.43. The van der Waals surface area contributed by atoms with Crippen LogP contribution in [-0.2, 0) is 47.3 Å². The van der Waals surface area contributed by atoms with E-state index in [1.165, 1.54) is 5.56 Å². The molecular weight excluding hydrogens is 321 g/mol. The molecule has 0 radical (unpaired) electrons. The number of benzene rings is 1. The minimum atomic E-state index is 0. The molecule has 0 aliphatic carbocycles. The van der Waals surface area contributed by atoms with Crippen LogP contribution in [0, 0.1) is 0 Å². The zero-order chi connectivity index (χ0) is 6.53. The second kappa shape index (κ2) is 8.38. The zero-order valence-corrected chi connectivity index (χ0v) is 9.12. The Kier molecular flexibility index (Phi) is 10.6. The van der Waals surface area contributed by atoms with Gasteiger partial charge in [-0.1, -0.05) is 36.4 Å². The van der Waals surface area contributed by atoms with Gasteiger partial charge >= 0.3 is 40.8 Å². The molecule has 0 aliphatic rings. The molecule has 0 aromatic heterocycles. The summed E-state index contributed by atoms with van der Waals surface area (Å²) in [6.45, 7) is 3.66. The Morgan fingerprint density at radius 1 is 1.09 bits per heavy atom. The van der Waals surface area contributed by atoms with E-state index in [1.807, 2.05) is 24.3 Å². The van der Waals surface area contributed by atoms with Crippen LogP contribution in [0.2, 0.25) is 0 Å². The number of hydrogen-bond donors (Lipinski definition) is 0. The molecule has 0 saturated heterocycles. The maximum absolute atomic E-state index is 3.66. The predicted octanol–water partition coefficient (Wildman–Crippen LogP) is 2.41. The summed E-state index contributed by atoms with van der Waals surface area (Å²) >= 11 is 0. The minimum Gasteiger partial charge on any atom is -0.103 e. The van der Waals surface area contributed by atoms with Gasteiger partial charge in [0.15, 0.2) is 0 Å². The Bertz CT molecular complexity index is 182. The molecule has 0 aliphatic heterocycles. The Labute approximate surface area is 95.4 Å². The van der Waals surface area contributed by atoms with Gasteiger partial charge in [-0.2, -0.15) is 0 Å². The van der Waals surface area contributed by atoms with E-state index in [1.54, 1.807) is 0 Å². The summed E-state index contributed by atoms with van der Waals surface area (Å²) in [5, 5.41) is 0. The van der Waals surface area contributed by atoms with Crippen LogP contribution in [0.3, 0.4) is 0 Å². The van der Waals surface area contributed by atoms with Crippen molar-refractivity contribution >= 4 is 0 Å². The van der Waals surface area contributed by atoms with Crippen molar-refractivity contribution in [3.63, 3.8) is 0 Å². The smallest absolute Gasteiger partial charge is 0.103 e. The number of hydrogen-bond acceptors (Lipinski definition) is 0. The van der Waals surface area contributed by atoms with Crippen molar-refractivity contribution in [3.05, 3.63) is 48.6 Å². The fraction of sp³-hybridized carbons (Fsp3) is 0.111. The van der Waals surface area contributed by atoms with Crippen LogP contribution < -0.4 is 0 Å². The van der Waals surface area contributed by atoms with Gasteiger partial charge in [-0.05, 0) is 12.0 Å². The van der Waals surface area contributed by atoms with E-state index in [4.69, 9.17) is 0 Å². The van der Waals surface area contributed by atoms with Gasteiger partial charge in [0.2, 0.25) is 0 Å². The molecule has 0 amide bonds. The summed E-state index contributed by atoms with van der Waals surface area (Å²) in [6, 6.07) is 10.3. The summed E-state index contributed by atoms with van der Waals surface area (Å²) in [6.07, 6.45) is 2.89. The average Bonchev–Trinajstić information content (AvgIpc) is 1.91. The van der Waals surface area contributed by atoms with E-state index < -0.39 is 0 Å². The summed E-state index contributed by atoms with van der Waals surface area (Å²) in [7, 11) is 0.